The molecule has 0 bridgehead atoms. The van der Waals surface area contributed by atoms with Crippen LogP contribution in [0.15, 0.2) is 24.3 Å². The summed E-state index contributed by atoms with van der Waals surface area (Å²) >= 11 is 0. The van der Waals surface area contributed by atoms with Crippen molar-refractivity contribution >= 4 is 16.7 Å². The van der Waals surface area contributed by atoms with E-state index in [-0.39, 0.29) is 37.6 Å². The molecule has 1 heterocycles. The number of aromatic nitrogens is 1. The summed E-state index contributed by atoms with van der Waals surface area (Å²) in [6.07, 6.45) is -3.91. The van der Waals surface area contributed by atoms with Gasteiger partial charge in [-0.2, -0.15) is 13.2 Å². The number of ether oxygens (including phenoxy) is 1. The lowest BCUT2D eigenvalue weighted by atomic mass is 9.87. The molecule has 1 aliphatic rings. The van der Waals surface area contributed by atoms with E-state index in [1.165, 1.54) is 13.0 Å². The lowest BCUT2D eigenvalue weighted by molar-refractivity contribution is -0.185. The third kappa shape index (κ3) is 3.81. The molecule has 0 spiro atoms. The van der Waals surface area contributed by atoms with Crippen LogP contribution in [0.3, 0.4) is 0 Å². The number of fused-ring (bicyclic) bond motifs is 1. The zero-order chi connectivity index (χ0) is 18.9. The Morgan fingerprint density at radius 3 is 2.42 bits per heavy atom. The van der Waals surface area contributed by atoms with Crippen LogP contribution in [0, 0.1) is 5.92 Å². The second-order valence-corrected chi connectivity index (χ2v) is 6.63. The molecule has 3 nitrogen and oxygen atoms in total. The number of alkyl halides is 4. The van der Waals surface area contributed by atoms with Gasteiger partial charge in [-0.25, -0.2) is 9.37 Å². The number of pyridine rings is 1. The number of benzene rings is 1. The van der Waals surface area contributed by atoms with Gasteiger partial charge >= 0.3 is 6.18 Å². The van der Waals surface area contributed by atoms with E-state index >= 15 is 0 Å². The molecule has 1 aliphatic carbocycles. The van der Waals surface area contributed by atoms with Gasteiger partial charge in [-0.05, 0) is 43.9 Å². The first-order valence-electron chi connectivity index (χ1n) is 8.52. The first-order valence-corrected chi connectivity index (χ1v) is 8.52. The molecule has 1 aromatic heterocycles. The van der Waals surface area contributed by atoms with Crippen LogP contribution in [0.25, 0.3) is 10.9 Å². The molecule has 3 rings (SSSR count). The molecule has 0 N–H and O–H groups in total. The number of rotatable bonds is 4. The zero-order valence-corrected chi connectivity index (χ0v) is 14.3. The van der Waals surface area contributed by atoms with Crippen molar-refractivity contribution in [1.82, 2.24) is 4.98 Å². The third-order valence-corrected chi connectivity index (χ3v) is 4.86. The van der Waals surface area contributed by atoms with Gasteiger partial charge in [-0.15, -0.1) is 0 Å². The second-order valence-electron chi connectivity index (χ2n) is 6.63. The summed E-state index contributed by atoms with van der Waals surface area (Å²) in [5, 5.41) is 0.541. The molecule has 1 saturated carbocycles. The molecule has 0 atom stereocenters. The minimum atomic E-state index is -4.17. The van der Waals surface area contributed by atoms with E-state index in [0.29, 0.717) is 27.9 Å². The van der Waals surface area contributed by atoms with Crippen LogP contribution in [0.5, 0.6) is 5.75 Å². The summed E-state index contributed by atoms with van der Waals surface area (Å²) in [4.78, 5) is 15.6. The minimum absolute atomic E-state index is 0.0240. The smallest absolute Gasteiger partial charge is 0.391 e. The van der Waals surface area contributed by atoms with E-state index in [2.05, 4.69) is 4.98 Å². The monoisotopic (exact) mass is 369 g/mol. The normalized spacial score (nSPS) is 21.0. The maximum Gasteiger partial charge on any atom is 0.391 e. The van der Waals surface area contributed by atoms with E-state index < -0.39 is 18.8 Å². The van der Waals surface area contributed by atoms with Gasteiger partial charge in [0.1, 0.15) is 18.1 Å². The molecule has 140 valence electrons. The highest BCUT2D eigenvalue weighted by Gasteiger charge is 2.41. The van der Waals surface area contributed by atoms with Crippen molar-refractivity contribution < 1.29 is 27.1 Å². The largest absolute Gasteiger partial charge is 0.490 e. The maximum absolute atomic E-state index is 13.6. The summed E-state index contributed by atoms with van der Waals surface area (Å²) in [6.45, 7) is 0.616. The summed E-state index contributed by atoms with van der Waals surface area (Å²) in [7, 11) is 0. The first kappa shape index (κ1) is 18.6. The lowest BCUT2D eigenvalue weighted by Gasteiger charge is -2.30. The Bertz CT molecular complexity index is 811. The molecular formula is C19H19F4NO2. The number of hydrogen-bond acceptors (Lipinski definition) is 3. The molecule has 0 radical (unpaired) electrons. The highest BCUT2D eigenvalue weighted by atomic mass is 19.4. The molecule has 26 heavy (non-hydrogen) atoms. The van der Waals surface area contributed by atoms with Crippen LogP contribution >= 0.6 is 0 Å². The average molecular weight is 369 g/mol. The van der Waals surface area contributed by atoms with Gasteiger partial charge in [0.2, 0.25) is 0 Å². The van der Waals surface area contributed by atoms with Crippen LogP contribution in [-0.2, 0) is 6.67 Å². The Kier molecular flexibility index (Phi) is 5.16. The van der Waals surface area contributed by atoms with E-state index in [1.807, 2.05) is 0 Å². The fourth-order valence-corrected chi connectivity index (χ4v) is 3.38. The van der Waals surface area contributed by atoms with Gasteiger partial charge < -0.3 is 4.74 Å². The average Bonchev–Trinajstić information content (AvgIpc) is 2.60. The highest BCUT2D eigenvalue weighted by molar-refractivity contribution is 5.95. The minimum Gasteiger partial charge on any atom is -0.490 e. The predicted octanol–water partition coefficient (Wildman–Crippen LogP) is 5.41. The van der Waals surface area contributed by atoms with Crippen LogP contribution < -0.4 is 4.74 Å². The molecule has 0 saturated heterocycles. The molecule has 7 heteroatoms. The molecule has 0 amide bonds. The van der Waals surface area contributed by atoms with E-state index in [4.69, 9.17) is 4.74 Å². The quantitative estimate of drug-likeness (QED) is 0.535. The number of ketones is 1. The number of halogens is 4. The van der Waals surface area contributed by atoms with Crippen molar-refractivity contribution in [3.63, 3.8) is 0 Å². The SMILES string of the molecule is CC(=O)c1ccc2c(CF)c(OC3CCC(C(F)(F)F)CC3)ccc2n1. The van der Waals surface area contributed by atoms with Crippen molar-refractivity contribution in [2.75, 3.05) is 0 Å². The van der Waals surface area contributed by atoms with Crippen LogP contribution in [0.1, 0.15) is 48.7 Å². The van der Waals surface area contributed by atoms with Gasteiger partial charge in [0, 0.05) is 17.9 Å². The number of Topliss-reactive ketones (excluding diaryl/α,β-unsaturated/α-hetero) is 1. The van der Waals surface area contributed by atoms with Crippen molar-refractivity contribution in [1.29, 1.82) is 0 Å². The van der Waals surface area contributed by atoms with Crippen molar-refractivity contribution in [3.05, 3.63) is 35.5 Å². The Morgan fingerprint density at radius 2 is 1.85 bits per heavy atom. The predicted molar refractivity (Wildman–Crippen MR) is 89.0 cm³/mol. The number of carbonyl (C=O) groups is 1. The summed E-state index contributed by atoms with van der Waals surface area (Å²) in [5.41, 5.74) is 1.09. The maximum atomic E-state index is 13.6. The Hall–Kier alpha value is -2.18. The van der Waals surface area contributed by atoms with Crippen molar-refractivity contribution in [3.8, 4) is 5.75 Å². The molecular weight excluding hydrogens is 350 g/mol. The van der Waals surface area contributed by atoms with Gasteiger partial charge in [-0.1, -0.05) is 6.07 Å². The number of carbonyl (C=O) groups excluding carboxylic acids is 1. The van der Waals surface area contributed by atoms with Gasteiger partial charge in [0.05, 0.1) is 17.5 Å². The molecule has 0 unspecified atom stereocenters. The highest BCUT2D eigenvalue weighted by Crippen LogP contribution is 2.39. The van der Waals surface area contributed by atoms with Crippen LogP contribution in [0.2, 0.25) is 0 Å². The molecule has 2 aromatic rings. The standard InChI is InChI=1S/C19H19F4NO2/c1-11(25)16-7-6-14-15(10-20)18(9-8-17(14)24-16)26-13-4-2-12(3-5-13)19(21,22)23/h6-9,12-13H,2-5,10H2,1H3. The van der Waals surface area contributed by atoms with Crippen molar-refractivity contribution in [2.45, 2.75) is 51.6 Å². The number of hydrogen-bond donors (Lipinski definition) is 0. The topological polar surface area (TPSA) is 39.2 Å². The summed E-state index contributed by atoms with van der Waals surface area (Å²) < 4.78 is 57.7. The van der Waals surface area contributed by atoms with Gasteiger partial charge in [0.25, 0.3) is 0 Å². The zero-order valence-electron chi connectivity index (χ0n) is 14.3. The Morgan fingerprint density at radius 1 is 1.15 bits per heavy atom. The van der Waals surface area contributed by atoms with Crippen molar-refractivity contribution in [2.24, 2.45) is 5.92 Å². The summed E-state index contributed by atoms with van der Waals surface area (Å²) in [6, 6.07) is 6.37. The molecule has 1 aromatic carbocycles. The van der Waals surface area contributed by atoms with E-state index in [1.54, 1.807) is 18.2 Å². The Balaban J connectivity index is 1.80. The van der Waals surface area contributed by atoms with Crippen LogP contribution in [-0.4, -0.2) is 23.0 Å². The number of nitrogens with zero attached hydrogens (tertiary/aromatic N) is 1. The fourth-order valence-electron chi connectivity index (χ4n) is 3.38. The van der Waals surface area contributed by atoms with E-state index in [0.717, 1.165) is 0 Å². The van der Waals surface area contributed by atoms with E-state index in [9.17, 15) is 22.4 Å². The first-order chi connectivity index (χ1) is 12.3. The van der Waals surface area contributed by atoms with Gasteiger partial charge in [-0.3, -0.25) is 4.79 Å². The lowest BCUT2D eigenvalue weighted by Crippen LogP contribution is -2.32. The molecule has 0 aliphatic heterocycles. The third-order valence-electron chi connectivity index (χ3n) is 4.86. The second kappa shape index (κ2) is 7.21. The Labute approximate surface area is 148 Å². The van der Waals surface area contributed by atoms with Crippen LogP contribution in [0.4, 0.5) is 17.6 Å². The molecule has 1 fully saturated rings. The van der Waals surface area contributed by atoms with Gasteiger partial charge in [0.15, 0.2) is 5.78 Å². The fraction of sp³-hybridized carbons (Fsp3) is 0.474. The summed E-state index contributed by atoms with van der Waals surface area (Å²) in [5.74, 6) is -1.14.